The first-order valence-electron chi connectivity index (χ1n) is 10.5. The van der Waals surface area contributed by atoms with E-state index in [-0.39, 0.29) is 19.2 Å². The highest BCUT2D eigenvalue weighted by molar-refractivity contribution is 5.94. The van der Waals surface area contributed by atoms with Crippen LogP contribution in [0.3, 0.4) is 0 Å². The molecule has 0 radical (unpaired) electrons. The van der Waals surface area contributed by atoms with Gasteiger partial charge in [0.15, 0.2) is 11.5 Å². The van der Waals surface area contributed by atoms with E-state index in [9.17, 15) is 14.4 Å². The number of aryl methyl sites for hydroxylation is 1. The van der Waals surface area contributed by atoms with Crippen LogP contribution in [0.25, 0.3) is 11.0 Å². The second-order valence-corrected chi connectivity index (χ2v) is 7.81. The van der Waals surface area contributed by atoms with Crippen molar-refractivity contribution in [2.75, 3.05) is 6.79 Å². The quantitative estimate of drug-likeness (QED) is 0.479. The van der Waals surface area contributed by atoms with Gasteiger partial charge in [-0.2, -0.15) is 0 Å². The van der Waals surface area contributed by atoms with Crippen LogP contribution in [0.15, 0.2) is 76.3 Å². The molecule has 166 valence electrons. The van der Waals surface area contributed by atoms with Crippen molar-refractivity contribution >= 4 is 16.9 Å². The van der Waals surface area contributed by atoms with Gasteiger partial charge in [-0.3, -0.25) is 19.0 Å². The Kier molecular flexibility index (Phi) is 5.18. The molecule has 0 bridgehead atoms. The molecule has 3 aromatic carbocycles. The van der Waals surface area contributed by atoms with Crippen LogP contribution < -0.4 is 25.9 Å². The minimum atomic E-state index is -0.582. The van der Waals surface area contributed by atoms with Crippen molar-refractivity contribution in [3.8, 4) is 11.5 Å². The fourth-order valence-electron chi connectivity index (χ4n) is 3.89. The fraction of sp³-hybridized carbons (Fsp3) is 0.160. The monoisotopic (exact) mass is 443 g/mol. The molecule has 0 spiro atoms. The van der Waals surface area contributed by atoms with Gasteiger partial charge < -0.3 is 19.4 Å². The highest BCUT2D eigenvalue weighted by Gasteiger charge is 2.14. The molecule has 0 saturated carbocycles. The Morgan fingerprint density at radius 3 is 2.36 bits per heavy atom. The first-order chi connectivity index (χ1) is 16.0. The van der Waals surface area contributed by atoms with E-state index in [1.807, 2.05) is 36.4 Å². The third kappa shape index (κ3) is 3.87. The van der Waals surface area contributed by atoms with E-state index < -0.39 is 11.1 Å². The van der Waals surface area contributed by atoms with Crippen LogP contribution in [-0.2, 0) is 20.1 Å². The number of para-hydroxylation sites is 2. The van der Waals surface area contributed by atoms with Gasteiger partial charge in [0.05, 0.1) is 17.6 Å². The third-order valence-corrected chi connectivity index (χ3v) is 5.71. The normalized spacial score (nSPS) is 12.2. The molecule has 0 saturated heterocycles. The first-order valence-corrected chi connectivity index (χ1v) is 10.5. The molecule has 8 heteroatoms. The second-order valence-electron chi connectivity index (χ2n) is 7.81. The Morgan fingerprint density at radius 2 is 1.58 bits per heavy atom. The van der Waals surface area contributed by atoms with Crippen LogP contribution in [0.4, 0.5) is 0 Å². The number of carbonyl (C=O) groups excluding carboxylic acids is 1. The molecule has 4 aromatic rings. The summed E-state index contributed by atoms with van der Waals surface area (Å²) in [7, 11) is 1.59. The number of ether oxygens (including phenoxy) is 2. The number of rotatable bonds is 5. The zero-order valence-electron chi connectivity index (χ0n) is 17.9. The van der Waals surface area contributed by atoms with Crippen LogP contribution in [0.5, 0.6) is 11.5 Å². The lowest BCUT2D eigenvalue weighted by Crippen LogP contribution is -2.40. The van der Waals surface area contributed by atoms with Crippen molar-refractivity contribution < 1.29 is 14.3 Å². The Hall–Kier alpha value is -4.33. The number of nitrogens with one attached hydrogen (secondary N) is 1. The maximum absolute atomic E-state index is 12.6. The van der Waals surface area contributed by atoms with Crippen LogP contribution in [-0.4, -0.2) is 21.8 Å². The lowest BCUT2D eigenvalue weighted by atomic mass is 10.1. The van der Waals surface area contributed by atoms with Gasteiger partial charge in [-0.15, -0.1) is 0 Å². The molecule has 1 aromatic heterocycles. The average Bonchev–Trinajstić information content (AvgIpc) is 3.32. The first kappa shape index (κ1) is 20.6. The van der Waals surface area contributed by atoms with Gasteiger partial charge in [-0.05, 0) is 47.5 Å². The Balaban J connectivity index is 1.32. The molecule has 1 aliphatic rings. The molecule has 0 unspecified atom stereocenters. The van der Waals surface area contributed by atoms with Crippen molar-refractivity contribution in [3.05, 3.63) is 104 Å². The summed E-state index contributed by atoms with van der Waals surface area (Å²) >= 11 is 0. The van der Waals surface area contributed by atoms with E-state index in [1.54, 1.807) is 37.4 Å². The summed E-state index contributed by atoms with van der Waals surface area (Å²) in [5, 5.41) is 2.89. The number of benzene rings is 3. The third-order valence-electron chi connectivity index (χ3n) is 5.71. The van der Waals surface area contributed by atoms with Crippen molar-refractivity contribution in [1.29, 1.82) is 0 Å². The smallest absolute Gasteiger partial charge is 0.317 e. The molecule has 2 heterocycles. The molecule has 1 N–H and O–H groups in total. The van der Waals surface area contributed by atoms with E-state index in [0.717, 1.165) is 11.1 Å². The maximum atomic E-state index is 12.6. The van der Waals surface area contributed by atoms with Gasteiger partial charge in [-0.1, -0.05) is 30.3 Å². The number of carbonyl (C=O) groups is 1. The molecule has 5 rings (SSSR count). The second kappa shape index (κ2) is 8.31. The van der Waals surface area contributed by atoms with Crippen molar-refractivity contribution in [1.82, 2.24) is 14.5 Å². The van der Waals surface area contributed by atoms with E-state index in [0.29, 0.717) is 34.6 Å². The molecule has 0 aliphatic carbocycles. The number of hydrogen-bond acceptors (Lipinski definition) is 5. The zero-order valence-corrected chi connectivity index (χ0v) is 17.9. The minimum absolute atomic E-state index is 0.205. The summed E-state index contributed by atoms with van der Waals surface area (Å²) in [4.78, 5) is 37.5. The van der Waals surface area contributed by atoms with Gasteiger partial charge in [0, 0.05) is 19.2 Å². The summed E-state index contributed by atoms with van der Waals surface area (Å²) in [6.07, 6.45) is 0. The Labute approximate surface area is 188 Å². The van der Waals surface area contributed by atoms with Gasteiger partial charge in [0.1, 0.15) is 0 Å². The molecule has 8 nitrogen and oxygen atoms in total. The average molecular weight is 443 g/mol. The van der Waals surface area contributed by atoms with Gasteiger partial charge in [0.2, 0.25) is 6.79 Å². The molecular weight excluding hydrogens is 422 g/mol. The fourth-order valence-corrected chi connectivity index (χ4v) is 3.89. The molecular formula is C25H21N3O5. The van der Waals surface area contributed by atoms with E-state index in [2.05, 4.69) is 5.32 Å². The summed E-state index contributed by atoms with van der Waals surface area (Å²) < 4.78 is 13.5. The van der Waals surface area contributed by atoms with E-state index in [1.165, 1.54) is 9.13 Å². The van der Waals surface area contributed by atoms with Gasteiger partial charge in [0.25, 0.3) is 5.91 Å². The van der Waals surface area contributed by atoms with Gasteiger partial charge in [-0.25, -0.2) is 0 Å². The lowest BCUT2D eigenvalue weighted by molar-refractivity contribution is 0.0951. The number of aromatic nitrogens is 2. The van der Waals surface area contributed by atoms with E-state index in [4.69, 9.17) is 9.47 Å². The van der Waals surface area contributed by atoms with Crippen LogP contribution in [0.1, 0.15) is 21.5 Å². The number of fused-ring (bicyclic) bond motifs is 2. The molecule has 33 heavy (non-hydrogen) atoms. The Bertz CT molecular complexity index is 1490. The Morgan fingerprint density at radius 1 is 0.879 bits per heavy atom. The molecule has 0 atom stereocenters. The lowest BCUT2D eigenvalue weighted by Gasteiger charge is -2.13. The highest BCUT2D eigenvalue weighted by atomic mass is 16.7. The SMILES string of the molecule is Cn1c(=O)c(=O)n(Cc2ccc(C(=O)NCc3ccc4c(c3)OCO4)cc2)c2ccccc21. The van der Waals surface area contributed by atoms with Crippen LogP contribution in [0.2, 0.25) is 0 Å². The van der Waals surface area contributed by atoms with Crippen molar-refractivity contribution in [2.45, 2.75) is 13.1 Å². The predicted molar refractivity (Wildman–Crippen MR) is 123 cm³/mol. The minimum Gasteiger partial charge on any atom is -0.454 e. The van der Waals surface area contributed by atoms with E-state index >= 15 is 0 Å². The standard InChI is InChI=1S/C25H21N3O5/c1-27-19-4-2-3-5-20(19)28(25(31)24(27)30)14-16-6-9-18(10-7-16)23(29)26-13-17-8-11-21-22(12-17)33-15-32-21/h2-12H,13-15H2,1H3,(H,26,29). The summed E-state index contributed by atoms with van der Waals surface area (Å²) in [5.41, 5.74) is 2.41. The van der Waals surface area contributed by atoms with Crippen LogP contribution >= 0.6 is 0 Å². The molecule has 1 aliphatic heterocycles. The molecule has 0 fully saturated rings. The summed E-state index contributed by atoms with van der Waals surface area (Å²) in [6, 6.07) is 19.8. The largest absolute Gasteiger partial charge is 0.454 e. The summed E-state index contributed by atoms with van der Waals surface area (Å²) in [6.45, 7) is 0.789. The number of amides is 1. The number of nitrogens with zero attached hydrogens (tertiary/aromatic N) is 2. The van der Waals surface area contributed by atoms with Gasteiger partial charge >= 0.3 is 11.1 Å². The van der Waals surface area contributed by atoms with Crippen molar-refractivity contribution in [2.24, 2.45) is 7.05 Å². The topological polar surface area (TPSA) is 91.6 Å². The maximum Gasteiger partial charge on any atom is 0.317 e. The van der Waals surface area contributed by atoms with Crippen LogP contribution in [0, 0.1) is 0 Å². The zero-order chi connectivity index (χ0) is 22.9. The summed E-state index contributed by atoms with van der Waals surface area (Å²) in [5.74, 6) is 1.16. The predicted octanol–water partition coefficient (Wildman–Crippen LogP) is 2.41. The molecule has 1 amide bonds. The van der Waals surface area contributed by atoms with Crippen molar-refractivity contribution in [3.63, 3.8) is 0 Å². The number of hydrogen-bond donors (Lipinski definition) is 1. The highest BCUT2D eigenvalue weighted by Crippen LogP contribution is 2.32.